The molecule has 0 aromatic heterocycles. The normalized spacial score (nSPS) is 22.0. The van der Waals surface area contributed by atoms with Gasteiger partial charge < -0.3 is 15.1 Å². The predicted octanol–water partition coefficient (Wildman–Crippen LogP) is 4.53. The first-order chi connectivity index (χ1) is 15.0. The number of benzene rings is 1. The molecule has 1 aromatic rings. The smallest absolute Gasteiger partial charge is 0.324 e. The second-order valence-electron chi connectivity index (χ2n) is 9.35. The molecule has 0 radical (unpaired) electrons. The van der Waals surface area contributed by atoms with Crippen molar-refractivity contribution in [3.63, 3.8) is 0 Å². The maximum absolute atomic E-state index is 13.1. The fourth-order valence-corrected chi connectivity index (χ4v) is 4.40. The van der Waals surface area contributed by atoms with Crippen molar-refractivity contribution in [2.75, 3.05) is 25.0 Å². The van der Waals surface area contributed by atoms with Crippen LogP contribution < -0.4 is 10.6 Å². The molecule has 1 aromatic carbocycles. The minimum absolute atomic E-state index is 0.128. The van der Waals surface area contributed by atoms with Gasteiger partial charge in [0.25, 0.3) is 0 Å². The van der Waals surface area contributed by atoms with Gasteiger partial charge in [-0.3, -0.25) is 10.1 Å². The summed E-state index contributed by atoms with van der Waals surface area (Å²) in [7, 11) is 0. The lowest BCUT2D eigenvalue weighted by molar-refractivity contribution is -0.137. The number of nitrogens with one attached hydrogen (secondary N) is 2. The Morgan fingerprint density at radius 2 is 1.78 bits per heavy atom. The molecule has 2 aliphatic rings. The molecule has 0 unspecified atom stereocenters. The molecule has 2 aliphatic heterocycles. The Hall–Kier alpha value is -2.29. The van der Waals surface area contributed by atoms with Crippen LogP contribution in [-0.4, -0.2) is 53.1 Å². The molecular formula is C23H33F3N4O2. The Kier molecular flexibility index (Phi) is 7.07. The van der Waals surface area contributed by atoms with Gasteiger partial charge in [-0.25, -0.2) is 4.79 Å². The van der Waals surface area contributed by atoms with Gasteiger partial charge in [-0.05, 0) is 36.1 Å². The Morgan fingerprint density at radius 3 is 2.28 bits per heavy atom. The molecule has 2 fully saturated rings. The lowest BCUT2D eigenvalue weighted by Gasteiger charge is -2.45. The molecule has 2 atom stereocenters. The van der Waals surface area contributed by atoms with E-state index in [9.17, 15) is 22.8 Å². The molecule has 0 bridgehead atoms. The number of urea groups is 1. The topological polar surface area (TPSA) is 64.7 Å². The van der Waals surface area contributed by atoms with Gasteiger partial charge >= 0.3 is 12.2 Å². The van der Waals surface area contributed by atoms with Crippen molar-refractivity contribution < 1.29 is 22.8 Å². The summed E-state index contributed by atoms with van der Waals surface area (Å²) in [6.07, 6.45) is -2.21. The number of alkyl halides is 3. The average Bonchev–Trinajstić information content (AvgIpc) is 3.00. The van der Waals surface area contributed by atoms with Crippen LogP contribution >= 0.6 is 0 Å². The number of anilines is 1. The highest BCUT2D eigenvalue weighted by Crippen LogP contribution is 2.35. The first kappa shape index (κ1) is 24.4. The van der Waals surface area contributed by atoms with Crippen LogP contribution in [0.3, 0.4) is 0 Å². The monoisotopic (exact) mass is 454 g/mol. The van der Waals surface area contributed by atoms with Gasteiger partial charge in [0.15, 0.2) is 0 Å². The fourth-order valence-electron chi connectivity index (χ4n) is 4.40. The summed E-state index contributed by atoms with van der Waals surface area (Å²) in [6.45, 7) is 9.90. The maximum Gasteiger partial charge on any atom is 0.416 e. The molecule has 0 aliphatic carbocycles. The number of amides is 3. The zero-order valence-electron chi connectivity index (χ0n) is 19.1. The van der Waals surface area contributed by atoms with Crippen molar-refractivity contribution in [2.45, 2.75) is 64.8 Å². The summed E-state index contributed by atoms with van der Waals surface area (Å²) < 4.78 is 38.2. The quantitative estimate of drug-likeness (QED) is 0.687. The van der Waals surface area contributed by atoms with E-state index < -0.39 is 17.4 Å². The third-order valence-corrected chi connectivity index (χ3v) is 6.67. The minimum atomic E-state index is -4.41. The molecule has 3 rings (SSSR count). The van der Waals surface area contributed by atoms with E-state index in [1.807, 2.05) is 18.7 Å². The summed E-state index contributed by atoms with van der Waals surface area (Å²) in [6, 6.07) is 3.83. The van der Waals surface area contributed by atoms with Crippen molar-refractivity contribution in [2.24, 2.45) is 11.8 Å². The van der Waals surface area contributed by atoms with Crippen LogP contribution in [0.25, 0.3) is 0 Å². The first-order valence-corrected chi connectivity index (χ1v) is 11.3. The number of likely N-dealkylation sites (tertiary alicyclic amines) is 1. The van der Waals surface area contributed by atoms with E-state index in [-0.39, 0.29) is 23.9 Å². The van der Waals surface area contributed by atoms with Crippen LogP contribution in [0.4, 0.5) is 23.7 Å². The Balaban J connectivity index is 1.65. The second-order valence-corrected chi connectivity index (χ2v) is 9.35. The first-order valence-electron chi connectivity index (χ1n) is 11.3. The minimum Gasteiger partial charge on any atom is -0.324 e. The van der Waals surface area contributed by atoms with Gasteiger partial charge in [0, 0.05) is 38.2 Å². The molecule has 6 nitrogen and oxygen atoms in total. The number of piperidine rings is 1. The highest BCUT2D eigenvalue weighted by molar-refractivity contribution is 5.89. The highest BCUT2D eigenvalue weighted by Gasteiger charge is 2.52. The van der Waals surface area contributed by atoms with Crippen molar-refractivity contribution in [3.05, 3.63) is 29.8 Å². The van der Waals surface area contributed by atoms with Gasteiger partial charge in [-0.1, -0.05) is 34.1 Å². The summed E-state index contributed by atoms with van der Waals surface area (Å²) in [5.41, 5.74) is -0.898. The van der Waals surface area contributed by atoms with Crippen molar-refractivity contribution in [1.29, 1.82) is 0 Å². The van der Waals surface area contributed by atoms with Crippen molar-refractivity contribution in [1.82, 2.24) is 15.1 Å². The molecule has 178 valence electrons. The van der Waals surface area contributed by atoms with Crippen LogP contribution in [0.5, 0.6) is 0 Å². The fraction of sp³-hybridized carbons (Fsp3) is 0.652. The Bertz CT molecular complexity index is 818. The number of hydrogen-bond donors (Lipinski definition) is 2. The largest absolute Gasteiger partial charge is 0.416 e. The molecule has 1 spiro atoms. The van der Waals surface area contributed by atoms with E-state index in [1.165, 1.54) is 12.1 Å². The lowest BCUT2D eigenvalue weighted by atomic mass is 9.94. The number of carbonyl (C=O) groups is 2. The molecular weight excluding hydrogens is 421 g/mol. The van der Waals surface area contributed by atoms with E-state index in [0.29, 0.717) is 44.1 Å². The van der Waals surface area contributed by atoms with Gasteiger partial charge in [0.05, 0.1) is 17.3 Å². The van der Waals surface area contributed by atoms with Crippen LogP contribution in [0.15, 0.2) is 24.3 Å². The van der Waals surface area contributed by atoms with Gasteiger partial charge in [-0.15, -0.1) is 0 Å². The molecule has 2 heterocycles. The van der Waals surface area contributed by atoms with Crippen LogP contribution in [0, 0.1) is 11.8 Å². The maximum atomic E-state index is 13.1. The van der Waals surface area contributed by atoms with Crippen LogP contribution in [-0.2, 0) is 11.0 Å². The molecule has 32 heavy (non-hydrogen) atoms. The molecule has 2 N–H and O–H groups in total. The number of rotatable bonds is 5. The van der Waals surface area contributed by atoms with Crippen LogP contribution in [0.2, 0.25) is 0 Å². The van der Waals surface area contributed by atoms with E-state index in [1.54, 1.807) is 4.90 Å². The van der Waals surface area contributed by atoms with Crippen LogP contribution in [0.1, 0.15) is 52.5 Å². The standard InChI is InChI=1S/C23H33F3N4O2/c1-5-16(4)14-30-20(31)19(15(2)3)28-22(30)10-12-29(13-11-22)21(32)27-18-8-6-17(7-9-18)23(24,25)26/h6-9,15-16,19,28H,5,10-14H2,1-4H3,(H,27,32)/t16-,19+/m1/s1. The summed E-state index contributed by atoms with van der Waals surface area (Å²) in [5.74, 6) is 0.676. The summed E-state index contributed by atoms with van der Waals surface area (Å²) in [4.78, 5) is 29.4. The number of halogens is 3. The van der Waals surface area contributed by atoms with Gasteiger partial charge in [-0.2, -0.15) is 13.2 Å². The van der Waals surface area contributed by atoms with Crippen molar-refractivity contribution >= 4 is 17.6 Å². The molecule has 0 saturated carbocycles. The molecule has 2 saturated heterocycles. The Labute approximate surface area is 187 Å². The molecule has 9 heteroatoms. The number of carbonyl (C=O) groups excluding carboxylic acids is 2. The van der Waals surface area contributed by atoms with E-state index in [4.69, 9.17) is 0 Å². The number of hydrogen-bond acceptors (Lipinski definition) is 3. The zero-order valence-corrected chi connectivity index (χ0v) is 19.1. The Morgan fingerprint density at radius 1 is 1.19 bits per heavy atom. The highest BCUT2D eigenvalue weighted by atomic mass is 19.4. The summed E-state index contributed by atoms with van der Waals surface area (Å²) >= 11 is 0. The SMILES string of the molecule is CC[C@@H](C)CN1C(=O)[C@H](C(C)C)NC12CCN(C(=O)Nc1ccc(C(F)(F)F)cc1)CC2. The predicted molar refractivity (Wildman–Crippen MR) is 117 cm³/mol. The summed E-state index contributed by atoms with van der Waals surface area (Å²) in [5, 5.41) is 6.25. The van der Waals surface area contributed by atoms with E-state index in [2.05, 4.69) is 24.5 Å². The third kappa shape index (κ3) is 5.03. The zero-order chi connectivity index (χ0) is 23.7. The van der Waals surface area contributed by atoms with Crippen molar-refractivity contribution in [3.8, 4) is 0 Å². The third-order valence-electron chi connectivity index (χ3n) is 6.67. The average molecular weight is 455 g/mol. The number of nitrogens with zero attached hydrogens (tertiary/aromatic N) is 2. The van der Waals surface area contributed by atoms with Gasteiger partial charge in [0.1, 0.15) is 0 Å². The second kappa shape index (κ2) is 9.29. The molecule has 3 amide bonds. The lowest BCUT2D eigenvalue weighted by Crippen LogP contribution is -2.60. The van der Waals surface area contributed by atoms with Gasteiger partial charge in [0.2, 0.25) is 5.91 Å². The van der Waals surface area contributed by atoms with E-state index >= 15 is 0 Å². The van der Waals surface area contributed by atoms with E-state index in [0.717, 1.165) is 18.6 Å².